The average molecular weight is 284 g/mol. The molecular weight excluding hydrogens is 265 g/mol. The molecule has 1 aliphatic heterocycles. The van der Waals surface area contributed by atoms with Gasteiger partial charge in [-0.05, 0) is 36.0 Å². The fourth-order valence-electron chi connectivity index (χ4n) is 3.50. The van der Waals surface area contributed by atoms with E-state index in [1.54, 1.807) is 0 Å². The topological polar surface area (TPSA) is 3.24 Å². The van der Waals surface area contributed by atoms with Crippen LogP contribution in [-0.4, -0.2) is 24.5 Å². The highest BCUT2D eigenvalue weighted by Gasteiger charge is 2.60. The lowest BCUT2D eigenvalue weighted by atomic mass is 9.95. The van der Waals surface area contributed by atoms with Crippen molar-refractivity contribution in [3.8, 4) is 0 Å². The number of hydrogen-bond donors (Lipinski definition) is 0. The molecule has 1 aromatic carbocycles. The van der Waals surface area contributed by atoms with Crippen LogP contribution in [0.2, 0.25) is 10.0 Å². The highest BCUT2D eigenvalue weighted by Crippen LogP contribution is 2.59. The Kier molecular flexibility index (Phi) is 3.12. The highest BCUT2D eigenvalue weighted by molar-refractivity contribution is 6.42. The maximum atomic E-state index is 6.15. The van der Waals surface area contributed by atoms with Crippen LogP contribution in [0.4, 0.5) is 0 Å². The van der Waals surface area contributed by atoms with Crippen LogP contribution in [0, 0.1) is 11.8 Å². The van der Waals surface area contributed by atoms with Gasteiger partial charge < -0.3 is 4.90 Å². The zero-order chi connectivity index (χ0) is 12.9. The van der Waals surface area contributed by atoms with Crippen molar-refractivity contribution in [2.45, 2.75) is 25.7 Å². The first kappa shape index (κ1) is 12.8. The maximum Gasteiger partial charge on any atom is 0.0595 e. The van der Waals surface area contributed by atoms with Crippen LogP contribution in [0.3, 0.4) is 0 Å². The molecule has 0 amide bonds. The SMILES string of the molecule is CC(C)CN1C[C@H]2C[C@@]2(c2ccc(Cl)c(Cl)c2)C1. The third-order valence-corrected chi connectivity index (χ3v) is 5.07. The van der Waals surface area contributed by atoms with Crippen molar-refractivity contribution in [1.29, 1.82) is 0 Å². The molecule has 98 valence electrons. The molecule has 0 unspecified atom stereocenters. The summed E-state index contributed by atoms with van der Waals surface area (Å²) in [5.41, 5.74) is 1.76. The van der Waals surface area contributed by atoms with Gasteiger partial charge in [-0.3, -0.25) is 0 Å². The molecule has 3 heteroatoms. The van der Waals surface area contributed by atoms with Crippen LogP contribution in [-0.2, 0) is 5.41 Å². The molecule has 3 rings (SSSR count). The monoisotopic (exact) mass is 283 g/mol. The number of nitrogens with zero attached hydrogens (tertiary/aromatic N) is 1. The summed E-state index contributed by atoms with van der Waals surface area (Å²) in [5.74, 6) is 1.57. The number of hydrogen-bond acceptors (Lipinski definition) is 1. The van der Waals surface area contributed by atoms with Gasteiger partial charge in [-0.1, -0.05) is 43.1 Å². The second-order valence-corrected chi connectivity index (χ2v) is 7.09. The summed E-state index contributed by atoms with van der Waals surface area (Å²) in [6.07, 6.45) is 1.32. The van der Waals surface area contributed by atoms with Crippen LogP contribution >= 0.6 is 23.2 Å². The van der Waals surface area contributed by atoms with E-state index in [2.05, 4.69) is 30.9 Å². The number of fused-ring (bicyclic) bond motifs is 1. The third-order valence-electron chi connectivity index (χ3n) is 4.33. The lowest BCUT2D eigenvalue weighted by Gasteiger charge is -2.22. The van der Waals surface area contributed by atoms with Gasteiger partial charge >= 0.3 is 0 Å². The largest absolute Gasteiger partial charge is 0.302 e. The van der Waals surface area contributed by atoms with Crippen LogP contribution in [0.15, 0.2) is 18.2 Å². The second-order valence-electron chi connectivity index (χ2n) is 6.27. The summed E-state index contributed by atoms with van der Waals surface area (Å²) in [7, 11) is 0. The molecule has 1 heterocycles. The van der Waals surface area contributed by atoms with Gasteiger partial charge in [0.15, 0.2) is 0 Å². The Hall–Kier alpha value is -0.240. The maximum absolute atomic E-state index is 6.15. The van der Waals surface area contributed by atoms with E-state index in [1.165, 1.54) is 31.6 Å². The van der Waals surface area contributed by atoms with Gasteiger partial charge in [0.25, 0.3) is 0 Å². The van der Waals surface area contributed by atoms with Crippen LogP contribution in [0.25, 0.3) is 0 Å². The van der Waals surface area contributed by atoms with Gasteiger partial charge in [-0.15, -0.1) is 0 Å². The molecule has 0 bridgehead atoms. The van der Waals surface area contributed by atoms with E-state index in [1.807, 2.05) is 6.07 Å². The Labute approximate surface area is 119 Å². The van der Waals surface area contributed by atoms with E-state index >= 15 is 0 Å². The van der Waals surface area contributed by atoms with Gasteiger partial charge in [0.05, 0.1) is 10.0 Å². The number of rotatable bonds is 3. The number of piperidine rings is 1. The quantitative estimate of drug-likeness (QED) is 0.803. The van der Waals surface area contributed by atoms with Crippen molar-refractivity contribution >= 4 is 23.2 Å². The third kappa shape index (κ3) is 2.07. The fourth-order valence-corrected chi connectivity index (χ4v) is 3.79. The summed E-state index contributed by atoms with van der Waals surface area (Å²) >= 11 is 12.1. The van der Waals surface area contributed by atoms with Crippen molar-refractivity contribution in [3.05, 3.63) is 33.8 Å². The van der Waals surface area contributed by atoms with Crippen molar-refractivity contribution in [3.63, 3.8) is 0 Å². The van der Waals surface area contributed by atoms with Crippen molar-refractivity contribution < 1.29 is 0 Å². The van der Waals surface area contributed by atoms with E-state index in [0.717, 1.165) is 11.8 Å². The zero-order valence-electron chi connectivity index (χ0n) is 10.9. The van der Waals surface area contributed by atoms with Crippen molar-refractivity contribution in [2.75, 3.05) is 19.6 Å². The Morgan fingerprint density at radius 3 is 2.78 bits per heavy atom. The van der Waals surface area contributed by atoms with E-state index in [0.29, 0.717) is 15.5 Å². The predicted molar refractivity (Wildman–Crippen MR) is 77.5 cm³/mol. The first-order chi connectivity index (χ1) is 8.51. The lowest BCUT2D eigenvalue weighted by molar-refractivity contribution is 0.265. The van der Waals surface area contributed by atoms with Crippen LogP contribution in [0.5, 0.6) is 0 Å². The Morgan fingerprint density at radius 1 is 1.33 bits per heavy atom. The smallest absolute Gasteiger partial charge is 0.0595 e. The molecule has 1 saturated carbocycles. The van der Waals surface area contributed by atoms with Crippen molar-refractivity contribution in [1.82, 2.24) is 4.90 Å². The molecule has 2 atom stereocenters. The van der Waals surface area contributed by atoms with Gasteiger partial charge in [-0.2, -0.15) is 0 Å². The molecule has 1 aromatic rings. The van der Waals surface area contributed by atoms with Crippen LogP contribution in [0.1, 0.15) is 25.8 Å². The zero-order valence-corrected chi connectivity index (χ0v) is 12.4. The fraction of sp³-hybridized carbons (Fsp3) is 0.600. The summed E-state index contributed by atoms with van der Waals surface area (Å²) in [5, 5.41) is 1.35. The first-order valence-electron chi connectivity index (χ1n) is 6.69. The minimum Gasteiger partial charge on any atom is -0.302 e. The molecule has 1 aliphatic carbocycles. The average Bonchev–Trinajstić information content (AvgIpc) is 2.86. The summed E-state index contributed by atoms with van der Waals surface area (Å²) in [6, 6.07) is 6.17. The summed E-state index contributed by atoms with van der Waals surface area (Å²) < 4.78 is 0. The van der Waals surface area contributed by atoms with Gasteiger partial charge in [0.1, 0.15) is 0 Å². The molecule has 2 fully saturated rings. The van der Waals surface area contributed by atoms with Crippen LogP contribution < -0.4 is 0 Å². The second kappa shape index (κ2) is 4.40. The molecular formula is C15H19Cl2N. The molecule has 1 nitrogen and oxygen atoms in total. The molecule has 0 spiro atoms. The minimum absolute atomic E-state index is 0.378. The minimum atomic E-state index is 0.378. The highest BCUT2D eigenvalue weighted by atomic mass is 35.5. The van der Waals surface area contributed by atoms with E-state index in [4.69, 9.17) is 23.2 Å². The Balaban J connectivity index is 1.79. The molecule has 0 aromatic heterocycles. The lowest BCUT2D eigenvalue weighted by Crippen LogP contribution is -2.29. The Bertz CT molecular complexity index is 472. The number of likely N-dealkylation sites (tertiary alicyclic amines) is 1. The van der Waals surface area contributed by atoms with Crippen molar-refractivity contribution in [2.24, 2.45) is 11.8 Å². The Morgan fingerprint density at radius 2 is 2.11 bits per heavy atom. The van der Waals surface area contributed by atoms with E-state index < -0.39 is 0 Å². The first-order valence-corrected chi connectivity index (χ1v) is 7.45. The van der Waals surface area contributed by atoms with E-state index in [9.17, 15) is 0 Å². The van der Waals surface area contributed by atoms with Gasteiger partial charge in [0, 0.05) is 25.0 Å². The molecule has 18 heavy (non-hydrogen) atoms. The molecule has 0 N–H and O–H groups in total. The molecule has 2 aliphatic rings. The number of halogens is 2. The summed E-state index contributed by atoms with van der Waals surface area (Å²) in [4.78, 5) is 2.60. The van der Waals surface area contributed by atoms with Gasteiger partial charge in [0.2, 0.25) is 0 Å². The predicted octanol–water partition coefficient (Wildman–Crippen LogP) is 4.22. The molecule has 0 radical (unpaired) electrons. The van der Waals surface area contributed by atoms with E-state index in [-0.39, 0.29) is 0 Å². The molecule has 1 saturated heterocycles. The standard InChI is InChI=1S/C15H19Cl2N/c1-10(2)7-18-8-12-6-15(12,9-18)11-3-4-13(16)14(17)5-11/h3-5,10,12H,6-9H2,1-2H3/t12-,15+/m1/s1. The number of benzene rings is 1. The summed E-state index contributed by atoms with van der Waals surface area (Å²) in [6.45, 7) is 8.22. The van der Waals surface area contributed by atoms with Gasteiger partial charge in [-0.25, -0.2) is 0 Å². The normalized spacial score (nSPS) is 30.8.